The Morgan fingerprint density at radius 1 is 1.50 bits per heavy atom. The number of likely N-dealkylation sites (N-methyl/N-ethyl adjacent to an activating group) is 1. The molecule has 6 N–H and O–H groups in total. The smallest absolute Gasteiger partial charge is 0.322 e. The Morgan fingerprint density at radius 2 is 2.17 bits per heavy atom. The minimum absolute atomic E-state index is 0.0158. The number of carbonyl (C=O) groups is 3. The number of nitrogens with one attached hydrogen (secondary N) is 1. The van der Waals surface area contributed by atoms with Gasteiger partial charge in [0, 0.05) is 38.5 Å². The van der Waals surface area contributed by atoms with Gasteiger partial charge in [-0.05, 0) is 11.6 Å². The van der Waals surface area contributed by atoms with E-state index in [2.05, 4.69) is 11.9 Å². The summed E-state index contributed by atoms with van der Waals surface area (Å²) in [6.07, 6.45) is 6.44. The molecule has 0 aliphatic carbocycles. The van der Waals surface area contributed by atoms with Crippen molar-refractivity contribution < 1.29 is 19.5 Å². The third kappa shape index (κ3) is 5.49. The summed E-state index contributed by atoms with van der Waals surface area (Å²) in [4.78, 5) is 36.7. The highest BCUT2D eigenvalue weighted by Crippen LogP contribution is 2.13. The van der Waals surface area contributed by atoms with Crippen LogP contribution in [-0.4, -0.2) is 53.8 Å². The van der Waals surface area contributed by atoms with Crippen LogP contribution in [0.4, 0.5) is 0 Å². The Morgan fingerprint density at radius 3 is 2.75 bits per heavy atom. The van der Waals surface area contributed by atoms with E-state index in [1.165, 1.54) is 11.1 Å². The maximum absolute atomic E-state index is 12.3. The van der Waals surface area contributed by atoms with Crippen molar-refractivity contribution in [2.75, 3.05) is 20.1 Å². The van der Waals surface area contributed by atoms with Gasteiger partial charge in [0.2, 0.25) is 0 Å². The third-order valence-corrected chi connectivity index (χ3v) is 3.34. The van der Waals surface area contributed by atoms with Crippen LogP contribution in [0.25, 0.3) is 0 Å². The number of carbonyl (C=O) groups excluding carboxylic acids is 2. The number of Topliss-reactive ketones (excluding diaryl/α,β-unsaturated/α-hetero) is 1. The normalized spacial score (nSPS) is 22.7. The molecule has 0 aromatic rings. The van der Waals surface area contributed by atoms with Crippen LogP contribution in [0.1, 0.15) is 6.42 Å². The Balaban J connectivity index is 3.01. The monoisotopic (exact) mass is 334 g/mol. The van der Waals surface area contributed by atoms with E-state index in [9.17, 15) is 14.4 Å². The second kappa shape index (κ2) is 8.80. The van der Waals surface area contributed by atoms with Crippen molar-refractivity contribution in [1.29, 1.82) is 0 Å². The quantitative estimate of drug-likeness (QED) is 0.486. The van der Waals surface area contributed by atoms with Gasteiger partial charge in [0.05, 0.1) is 5.57 Å². The number of hydrogen-bond acceptors (Lipinski definition) is 6. The average molecular weight is 334 g/mol. The van der Waals surface area contributed by atoms with Gasteiger partial charge in [-0.3, -0.25) is 14.4 Å². The molecule has 8 nitrogen and oxygen atoms in total. The second-order valence-electron chi connectivity index (χ2n) is 5.25. The van der Waals surface area contributed by atoms with E-state index in [0.29, 0.717) is 12.2 Å². The van der Waals surface area contributed by atoms with E-state index >= 15 is 0 Å². The molecule has 1 rings (SSSR count). The lowest BCUT2D eigenvalue weighted by Crippen LogP contribution is -2.43. The van der Waals surface area contributed by atoms with Crippen molar-refractivity contribution in [2.45, 2.75) is 12.5 Å². The first-order valence-electron chi connectivity index (χ1n) is 7.26. The summed E-state index contributed by atoms with van der Waals surface area (Å²) in [6, 6.07) is -1.24. The number of nitrogens with zero attached hydrogens (tertiary/aromatic N) is 1. The standard InChI is InChI=1S/C16H22N4O4/c1-10-6-11(7-17)4-3-5-14(21)12(9-20(10)2)15(22)19-8-13(18)16(23)24/h3-4,6,9,13H,1,5,7-8,17-18H2,2H3,(H,19,22)(H,23,24)/b4-3-,11-6+,12-9+/t13-/m0/s1. The van der Waals surface area contributed by atoms with Crippen molar-refractivity contribution in [2.24, 2.45) is 11.5 Å². The summed E-state index contributed by atoms with van der Waals surface area (Å²) < 4.78 is 0. The topological polar surface area (TPSA) is 139 Å². The molecule has 1 aliphatic rings. The summed E-state index contributed by atoms with van der Waals surface area (Å²) in [5, 5.41) is 11.1. The molecule has 0 radical (unpaired) electrons. The molecule has 0 aromatic carbocycles. The number of allylic oxidation sites excluding steroid dienone is 2. The van der Waals surface area contributed by atoms with Crippen molar-refractivity contribution in [1.82, 2.24) is 10.2 Å². The maximum atomic E-state index is 12.3. The molecule has 1 amide bonds. The van der Waals surface area contributed by atoms with E-state index in [1.54, 1.807) is 25.3 Å². The summed E-state index contributed by atoms with van der Waals surface area (Å²) in [7, 11) is 1.64. The molecule has 0 bridgehead atoms. The van der Waals surface area contributed by atoms with Crippen molar-refractivity contribution >= 4 is 17.7 Å². The first-order valence-corrected chi connectivity index (χ1v) is 7.26. The highest BCUT2D eigenvalue weighted by molar-refractivity contribution is 6.19. The molecule has 0 fully saturated rings. The predicted molar refractivity (Wildman–Crippen MR) is 89.5 cm³/mol. The number of carboxylic acid groups (broad SMARTS) is 1. The Bertz CT molecular complexity index is 634. The Hall–Kier alpha value is -2.71. The van der Waals surface area contributed by atoms with Crippen molar-refractivity contribution in [3.05, 3.63) is 47.9 Å². The molecular formula is C16H22N4O4. The number of amides is 1. The lowest BCUT2D eigenvalue weighted by molar-refractivity contribution is -0.138. The summed E-state index contributed by atoms with van der Waals surface area (Å²) >= 11 is 0. The van der Waals surface area contributed by atoms with Gasteiger partial charge in [-0.25, -0.2) is 0 Å². The second-order valence-corrected chi connectivity index (χ2v) is 5.25. The molecule has 24 heavy (non-hydrogen) atoms. The lowest BCUT2D eigenvalue weighted by Gasteiger charge is -2.18. The molecular weight excluding hydrogens is 312 g/mol. The molecule has 0 unspecified atom stereocenters. The summed E-state index contributed by atoms with van der Waals surface area (Å²) in [5.74, 6) is -2.34. The zero-order chi connectivity index (χ0) is 18.3. The number of hydrogen-bond donors (Lipinski definition) is 4. The molecule has 0 saturated heterocycles. The number of aliphatic carboxylic acids is 1. The average Bonchev–Trinajstić information content (AvgIpc) is 2.54. The fraction of sp³-hybridized carbons (Fsp3) is 0.312. The SMILES string of the molecule is C=C1/C=C(CN)\C=C/CC(=O)/C(C(=O)NC[C@H](N)C(=O)O)=C\N1C. The van der Waals surface area contributed by atoms with Crippen LogP contribution in [0.5, 0.6) is 0 Å². The van der Waals surface area contributed by atoms with Crippen LogP contribution in [0.2, 0.25) is 0 Å². The number of nitrogens with two attached hydrogens (primary N) is 2. The largest absolute Gasteiger partial charge is 0.480 e. The molecule has 0 spiro atoms. The van der Waals surface area contributed by atoms with Gasteiger partial charge in [-0.2, -0.15) is 0 Å². The van der Waals surface area contributed by atoms with Crippen LogP contribution in [0.15, 0.2) is 47.9 Å². The zero-order valence-corrected chi connectivity index (χ0v) is 13.5. The number of rotatable bonds is 5. The van der Waals surface area contributed by atoms with E-state index in [0.717, 1.165) is 5.57 Å². The van der Waals surface area contributed by atoms with Crippen LogP contribution in [-0.2, 0) is 14.4 Å². The van der Waals surface area contributed by atoms with E-state index < -0.39 is 23.7 Å². The fourth-order valence-corrected chi connectivity index (χ4v) is 1.84. The van der Waals surface area contributed by atoms with E-state index in [-0.39, 0.29) is 18.5 Å². The third-order valence-electron chi connectivity index (χ3n) is 3.34. The molecule has 8 heteroatoms. The first-order chi connectivity index (χ1) is 11.3. The van der Waals surface area contributed by atoms with Gasteiger partial charge in [0.25, 0.3) is 5.91 Å². The molecule has 0 aromatic heterocycles. The summed E-state index contributed by atoms with van der Waals surface area (Å²) in [5.41, 5.74) is 12.2. The van der Waals surface area contributed by atoms with Gasteiger partial charge in [-0.15, -0.1) is 0 Å². The van der Waals surface area contributed by atoms with Crippen LogP contribution in [0.3, 0.4) is 0 Å². The molecule has 130 valence electrons. The predicted octanol–water partition coefficient (Wildman–Crippen LogP) is -0.742. The van der Waals surface area contributed by atoms with Crippen LogP contribution < -0.4 is 16.8 Å². The molecule has 0 saturated carbocycles. The van der Waals surface area contributed by atoms with Gasteiger partial charge >= 0.3 is 5.97 Å². The molecule has 1 aliphatic heterocycles. The fourth-order valence-electron chi connectivity index (χ4n) is 1.84. The van der Waals surface area contributed by atoms with Gasteiger partial charge in [0.1, 0.15) is 6.04 Å². The maximum Gasteiger partial charge on any atom is 0.322 e. The minimum Gasteiger partial charge on any atom is -0.480 e. The van der Waals surface area contributed by atoms with Crippen LogP contribution in [0, 0.1) is 0 Å². The number of ketones is 1. The minimum atomic E-state index is -1.24. The molecule has 1 heterocycles. The van der Waals surface area contributed by atoms with Gasteiger partial charge in [-0.1, -0.05) is 18.7 Å². The molecule has 1 atom stereocenters. The highest BCUT2D eigenvalue weighted by atomic mass is 16.4. The van der Waals surface area contributed by atoms with E-state index in [4.69, 9.17) is 16.6 Å². The number of carboxylic acids is 1. The summed E-state index contributed by atoms with van der Waals surface area (Å²) in [6.45, 7) is 3.87. The van der Waals surface area contributed by atoms with Crippen LogP contribution >= 0.6 is 0 Å². The lowest BCUT2D eigenvalue weighted by atomic mass is 10.1. The van der Waals surface area contributed by atoms with E-state index in [1.807, 2.05) is 0 Å². The van der Waals surface area contributed by atoms with Gasteiger partial charge in [0.15, 0.2) is 5.78 Å². The van der Waals surface area contributed by atoms with Crippen molar-refractivity contribution in [3.63, 3.8) is 0 Å². The van der Waals surface area contributed by atoms with Crippen molar-refractivity contribution in [3.8, 4) is 0 Å². The first kappa shape index (κ1) is 19.3. The highest BCUT2D eigenvalue weighted by Gasteiger charge is 2.21. The Labute approximate surface area is 140 Å². The van der Waals surface area contributed by atoms with Gasteiger partial charge < -0.3 is 26.8 Å². The zero-order valence-electron chi connectivity index (χ0n) is 13.5. The Kier molecular flexibility index (Phi) is 7.09.